The Morgan fingerprint density at radius 3 is 2.72 bits per heavy atom. The van der Waals surface area contributed by atoms with Crippen molar-refractivity contribution in [2.75, 3.05) is 26.3 Å². The smallest absolute Gasteiger partial charge is 0.407 e. The fourth-order valence-corrected chi connectivity index (χ4v) is 2.79. The van der Waals surface area contributed by atoms with Crippen LogP contribution in [0.15, 0.2) is 41.9 Å². The molecule has 8 heteroatoms. The number of ether oxygens (including phenoxy) is 2. The van der Waals surface area contributed by atoms with Gasteiger partial charge in [-0.25, -0.2) is 9.79 Å². The zero-order chi connectivity index (χ0) is 20.2. The van der Waals surface area contributed by atoms with Crippen LogP contribution in [-0.4, -0.2) is 44.4 Å². The summed E-state index contributed by atoms with van der Waals surface area (Å²) in [4.78, 5) is 16.4. The predicted octanol–water partition coefficient (Wildman–Crippen LogP) is 3.45. The Bertz CT molecular complexity index is 665. The van der Waals surface area contributed by atoms with Gasteiger partial charge in [-0.05, 0) is 38.7 Å². The van der Waals surface area contributed by atoms with Crippen LogP contribution >= 0.6 is 24.0 Å². The molecule has 1 aromatic carbocycles. The predicted molar refractivity (Wildman–Crippen MR) is 127 cm³/mol. The van der Waals surface area contributed by atoms with Crippen LogP contribution in [0.2, 0.25) is 0 Å². The topological polar surface area (TPSA) is 84.0 Å². The zero-order valence-electron chi connectivity index (χ0n) is 17.3. The molecule has 0 radical (unpaired) electrons. The van der Waals surface area contributed by atoms with E-state index in [2.05, 4.69) is 27.5 Å². The van der Waals surface area contributed by atoms with Crippen molar-refractivity contribution in [3.63, 3.8) is 0 Å². The van der Waals surface area contributed by atoms with E-state index in [9.17, 15) is 4.79 Å². The van der Waals surface area contributed by atoms with Gasteiger partial charge in [0, 0.05) is 18.7 Å². The normalized spacial score (nSPS) is 14.2. The molecule has 1 fully saturated rings. The van der Waals surface area contributed by atoms with Gasteiger partial charge in [-0.2, -0.15) is 0 Å². The van der Waals surface area contributed by atoms with E-state index in [1.165, 1.54) is 0 Å². The van der Waals surface area contributed by atoms with E-state index in [4.69, 9.17) is 9.47 Å². The highest BCUT2D eigenvalue weighted by Crippen LogP contribution is 2.32. The molecule has 0 bridgehead atoms. The summed E-state index contributed by atoms with van der Waals surface area (Å²) in [5.74, 6) is 2.01. The summed E-state index contributed by atoms with van der Waals surface area (Å²) in [5.41, 5.74) is 1.00. The molecule has 0 aromatic heterocycles. The zero-order valence-corrected chi connectivity index (χ0v) is 19.6. The van der Waals surface area contributed by atoms with E-state index in [0.29, 0.717) is 38.2 Å². The number of benzene rings is 1. The van der Waals surface area contributed by atoms with E-state index in [-0.39, 0.29) is 36.1 Å². The van der Waals surface area contributed by atoms with E-state index in [0.717, 1.165) is 30.7 Å². The van der Waals surface area contributed by atoms with Gasteiger partial charge < -0.3 is 25.4 Å². The van der Waals surface area contributed by atoms with Crippen molar-refractivity contribution in [2.45, 2.75) is 39.3 Å². The fourth-order valence-electron chi connectivity index (χ4n) is 2.79. The van der Waals surface area contributed by atoms with Crippen LogP contribution in [0.3, 0.4) is 0 Å². The number of para-hydroxylation sites is 1. The lowest BCUT2D eigenvalue weighted by Crippen LogP contribution is -2.48. The quantitative estimate of drug-likeness (QED) is 0.182. The molecule has 1 aliphatic carbocycles. The average molecular weight is 516 g/mol. The van der Waals surface area contributed by atoms with Crippen molar-refractivity contribution >= 4 is 36.0 Å². The molecular weight excluding hydrogens is 483 g/mol. The molecule has 0 saturated heterocycles. The summed E-state index contributed by atoms with van der Waals surface area (Å²) in [5, 5.41) is 9.53. The molecule has 2 rings (SSSR count). The highest BCUT2D eigenvalue weighted by molar-refractivity contribution is 14.0. The van der Waals surface area contributed by atoms with Crippen molar-refractivity contribution in [3.05, 3.63) is 42.5 Å². The van der Waals surface area contributed by atoms with Crippen molar-refractivity contribution in [1.82, 2.24) is 16.0 Å². The summed E-state index contributed by atoms with van der Waals surface area (Å²) >= 11 is 0. The second-order valence-electron chi connectivity index (χ2n) is 6.59. The van der Waals surface area contributed by atoms with Gasteiger partial charge in [-0.1, -0.05) is 30.9 Å². The minimum atomic E-state index is -0.364. The lowest BCUT2D eigenvalue weighted by Gasteiger charge is -2.20. The van der Waals surface area contributed by atoms with Gasteiger partial charge in [-0.3, -0.25) is 0 Å². The van der Waals surface area contributed by atoms with Crippen LogP contribution < -0.4 is 20.7 Å². The number of carbonyl (C=O) groups is 1. The molecule has 29 heavy (non-hydrogen) atoms. The molecule has 3 N–H and O–H groups in total. The Hall–Kier alpha value is -1.97. The number of carbonyl (C=O) groups excluding carboxylic acids is 1. The number of aliphatic imine (C=N–C) groups is 1. The van der Waals surface area contributed by atoms with Gasteiger partial charge in [0.15, 0.2) is 5.96 Å². The number of hydrogen-bond acceptors (Lipinski definition) is 4. The maximum absolute atomic E-state index is 11.8. The van der Waals surface area contributed by atoms with Crippen LogP contribution in [0.5, 0.6) is 5.75 Å². The second-order valence-corrected chi connectivity index (χ2v) is 6.59. The van der Waals surface area contributed by atoms with Gasteiger partial charge in [0.1, 0.15) is 12.4 Å². The lowest BCUT2D eigenvalue weighted by molar-refractivity contribution is 0.146. The number of amides is 1. The number of halogens is 1. The first kappa shape index (κ1) is 25.1. The number of hydrogen-bond donors (Lipinski definition) is 3. The van der Waals surface area contributed by atoms with Crippen LogP contribution in [0, 0.1) is 5.92 Å². The van der Waals surface area contributed by atoms with Crippen LogP contribution in [-0.2, 0) is 11.3 Å². The first-order chi connectivity index (χ1) is 13.7. The Kier molecular flexibility index (Phi) is 12.2. The maximum Gasteiger partial charge on any atom is 0.407 e. The minimum Gasteiger partial charge on any atom is -0.489 e. The molecule has 7 nitrogen and oxygen atoms in total. The van der Waals surface area contributed by atoms with Gasteiger partial charge in [0.2, 0.25) is 0 Å². The maximum atomic E-state index is 11.8. The van der Waals surface area contributed by atoms with Crippen molar-refractivity contribution < 1.29 is 14.3 Å². The highest BCUT2D eigenvalue weighted by atomic mass is 127. The molecule has 1 unspecified atom stereocenters. The molecule has 1 saturated carbocycles. The Balaban J connectivity index is 0.00000420. The summed E-state index contributed by atoms with van der Waals surface area (Å²) in [6.45, 7) is 10.2. The van der Waals surface area contributed by atoms with Crippen molar-refractivity contribution in [3.8, 4) is 5.75 Å². The van der Waals surface area contributed by atoms with Crippen molar-refractivity contribution in [1.29, 1.82) is 0 Å². The third kappa shape index (κ3) is 9.38. The summed E-state index contributed by atoms with van der Waals surface area (Å²) < 4.78 is 10.7. The van der Waals surface area contributed by atoms with Crippen LogP contribution in [0.4, 0.5) is 4.79 Å². The molecule has 1 amide bonds. The number of rotatable bonds is 11. The summed E-state index contributed by atoms with van der Waals surface area (Å²) in [6, 6.07) is 7.88. The monoisotopic (exact) mass is 516 g/mol. The largest absolute Gasteiger partial charge is 0.489 e. The third-order valence-corrected chi connectivity index (χ3v) is 4.34. The molecule has 0 aliphatic heterocycles. The molecule has 1 aliphatic rings. The number of alkyl carbamates (subject to hydrolysis) is 1. The minimum absolute atomic E-state index is 0. The Labute approximate surface area is 190 Å². The highest BCUT2D eigenvalue weighted by Gasteiger charge is 2.32. The van der Waals surface area contributed by atoms with Gasteiger partial charge in [-0.15, -0.1) is 24.0 Å². The van der Waals surface area contributed by atoms with Gasteiger partial charge in [0.25, 0.3) is 0 Å². The summed E-state index contributed by atoms with van der Waals surface area (Å²) in [7, 11) is 0. The standard InChI is InChI=1S/C21H32N4O3.HI/c1-4-13-28-19-10-8-7-9-17(19)14-23-20(22-5-2)24-15-18(16-11-12-16)25-21(26)27-6-3;/h4,7-10,16,18H,1,5-6,11-15H2,2-3H3,(H,25,26)(H2,22,23,24);1H. The molecule has 162 valence electrons. The molecule has 1 aromatic rings. The first-order valence-corrected chi connectivity index (χ1v) is 9.95. The molecule has 1 atom stereocenters. The number of guanidine groups is 1. The van der Waals surface area contributed by atoms with Gasteiger partial charge >= 0.3 is 6.09 Å². The molecular formula is C21H33IN4O3. The van der Waals surface area contributed by atoms with Crippen molar-refractivity contribution in [2.24, 2.45) is 10.9 Å². The third-order valence-electron chi connectivity index (χ3n) is 4.34. The molecule has 0 spiro atoms. The van der Waals surface area contributed by atoms with Gasteiger partial charge in [0.05, 0.1) is 19.2 Å². The average Bonchev–Trinajstić information content (AvgIpc) is 3.53. The van der Waals surface area contributed by atoms with E-state index in [1.807, 2.05) is 31.2 Å². The fraction of sp³-hybridized carbons (Fsp3) is 0.524. The lowest BCUT2D eigenvalue weighted by atomic mass is 10.2. The van der Waals surface area contributed by atoms with Crippen LogP contribution in [0.25, 0.3) is 0 Å². The SMILES string of the molecule is C=CCOc1ccccc1CN=C(NCC)NCC(NC(=O)OCC)C1CC1.I. The van der Waals surface area contributed by atoms with E-state index in [1.54, 1.807) is 13.0 Å². The van der Waals surface area contributed by atoms with E-state index >= 15 is 0 Å². The Morgan fingerprint density at radius 2 is 2.07 bits per heavy atom. The summed E-state index contributed by atoms with van der Waals surface area (Å²) in [6.07, 6.45) is 3.61. The van der Waals surface area contributed by atoms with E-state index < -0.39 is 0 Å². The second kappa shape index (κ2) is 14.1. The number of nitrogens with zero attached hydrogens (tertiary/aromatic N) is 1. The van der Waals surface area contributed by atoms with Crippen LogP contribution in [0.1, 0.15) is 32.3 Å². The number of nitrogens with one attached hydrogen (secondary N) is 3. The first-order valence-electron chi connectivity index (χ1n) is 9.95. The Morgan fingerprint density at radius 1 is 1.31 bits per heavy atom. The molecule has 0 heterocycles.